The number of aromatic amines is 1. The Balaban J connectivity index is 1.95. The van der Waals surface area contributed by atoms with Crippen molar-refractivity contribution >= 4 is 22.6 Å². The standard InChI is InChI=1S/C18H21N3O3/c1-11-7-8-21(16(11)10-19-12(2)22)18(24)15-9-20-17(23)14-6-4-3-5-13(14)15/h3-6,9,11,16H,7-8,10H2,1-2H3,(H,19,22)(H,20,23). The van der Waals surface area contributed by atoms with E-state index in [0.717, 1.165) is 6.42 Å². The van der Waals surface area contributed by atoms with Crippen molar-refractivity contribution in [2.24, 2.45) is 5.92 Å². The van der Waals surface area contributed by atoms with Crippen molar-refractivity contribution in [2.75, 3.05) is 13.1 Å². The number of likely N-dealkylation sites (tertiary alicyclic amines) is 1. The lowest BCUT2D eigenvalue weighted by Crippen LogP contribution is -2.45. The molecule has 2 unspecified atom stereocenters. The number of benzene rings is 1. The molecule has 126 valence electrons. The van der Waals surface area contributed by atoms with Crippen LogP contribution in [0.15, 0.2) is 35.3 Å². The van der Waals surface area contributed by atoms with Gasteiger partial charge in [-0.3, -0.25) is 14.4 Å². The monoisotopic (exact) mass is 327 g/mol. The summed E-state index contributed by atoms with van der Waals surface area (Å²) in [4.78, 5) is 40.7. The molecule has 3 rings (SSSR count). The third kappa shape index (κ3) is 2.91. The van der Waals surface area contributed by atoms with Crippen molar-refractivity contribution in [3.05, 3.63) is 46.4 Å². The van der Waals surface area contributed by atoms with E-state index in [1.165, 1.54) is 13.1 Å². The summed E-state index contributed by atoms with van der Waals surface area (Å²) in [5.41, 5.74) is 0.291. The van der Waals surface area contributed by atoms with E-state index < -0.39 is 0 Å². The quantitative estimate of drug-likeness (QED) is 0.896. The fourth-order valence-corrected chi connectivity index (χ4v) is 3.36. The van der Waals surface area contributed by atoms with Crippen molar-refractivity contribution in [3.8, 4) is 0 Å². The molecule has 2 atom stereocenters. The molecular formula is C18H21N3O3. The van der Waals surface area contributed by atoms with Gasteiger partial charge in [0, 0.05) is 37.0 Å². The van der Waals surface area contributed by atoms with Gasteiger partial charge in [0.15, 0.2) is 0 Å². The van der Waals surface area contributed by atoms with E-state index in [0.29, 0.717) is 35.3 Å². The van der Waals surface area contributed by atoms with Crippen molar-refractivity contribution in [1.82, 2.24) is 15.2 Å². The Bertz CT molecular complexity index is 843. The van der Waals surface area contributed by atoms with Gasteiger partial charge in [0.05, 0.1) is 11.6 Å². The lowest BCUT2D eigenvalue weighted by atomic mass is 10.0. The van der Waals surface area contributed by atoms with E-state index in [4.69, 9.17) is 0 Å². The number of fused-ring (bicyclic) bond motifs is 1. The maximum atomic E-state index is 13.1. The van der Waals surface area contributed by atoms with Crippen molar-refractivity contribution in [3.63, 3.8) is 0 Å². The number of hydrogen-bond donors (Lipinski definition) is 2. The van der Waals surface area contributed by atoms with Crippen molar-refractivity contribution in [2.45, 2.75) is 26.3 Å². The third-order valence-corrected chi connectivity index (χ3v) is 4.74. The molecule has 6 nitrogen and oxygen atoms in total. The Morgan fingerprint density at radius 2 is 2.00 bits per heavy atom. The zero-order valence-corrected chi connectivity index (χ0v) is 13.8. The lowest BCUT2D eigenvalue weighted by molar-refractivity contribution is -0.119. The summed E-state index contributed by atoms with van der Waals surface area (Å²) < 4.78 is 0. The molecule has 1 aromatic carbocycles. The van der Waals surface area contributed by atoms with Gasteiger partial charge in [-0.1, -0.05) is 25.1 Å². The number of nitrogens with zero attached hydrogens (tertiary/aromatic N) is 1. The highest BCUT2D eigenvalue weighted by Gasteiger charge is 2.35. The van der Waals surface area contributed by atoms with Crippen LogP contribution in [0.3, 0.4) is 0 Å². The van der Waals surface area contributed by atoms with Gasteiger partial charge in [0.1, 0.15) is 0 Å². The molecule has 0 aliphatic carbocycles. The van der Waals surface area contributed by atoms with Crippen LogP contribution in [-0.2, 0) is 4.79 Å². The number of amides is 2. The highest BCUT2D eigenvalue weighted by Crippen LogP contribution is 2.27. The Morgan fingerprint density at radius 3 is 2.71 bits per heavy atom. The van der Waals surface area contributed by atoms with E-state index in [-0.39, 0.29) is 23.4 Å². The molecule has 24 heavy (non-hydrogen) atoms. The molecule has 0 bridgehead atoms. The van der Waals surface area contributed by atoms with Crippen LogP contribution in [0.25, 0.3) is 10.8 Å². The third-order valence-electron chi connectivity index (χ3n) is 4.74. The molecule has 1 aliphatic heterocycles. The normalized spacial score (nSPS) is 20.3. The average molecular weight is 327 g/mol. The second kappa shape index (κ2) is 6.47. The summed E-state index contributed by atoms with van der Waals surface area (Å²) in [6.07, 6.45) is 2.39. The molecule has 1 fully saturated rings. The second-order valence-electron chi connectivity index (χ2n) is 6.35. The number of pyridine rings is 1. The maximum Gasteiger partial charge on any atom is 0.256 e. The Kier molecular flexibility index (Phi) is 4.38. The first kappa shape index (κ1) is 16.2. The molecule has 0 saturated carbocycles. The molecule has 0 radical (unpaired) electrons. The minimum Gasteiger partial charge on any atom is -0.354 e. The average Bonchev–Trinajstić information content (AvgIpc) is 2.94. The van der Waals surface area contributed by atoms with Gasteiger partial charge in [-0.05, 0) is 18.4 Å². The molecule has 0 spiro atoms. The van der Waals surface area contributed by atoms with E-state index in [1.807, 2.05) is 6.07 Å². The SMILES string of the molecule is CC(=O)NCC1C(C)CCN1C(=O)c1c[nH]c(=O)c2ccccc12. The Labute approximate surface area is 139 Å². The fourth-order valence-electron chi connectivity index (χ4n) is 3.36. The topological polar surface area (TPSA) is 82.3 Å². The number of carbonyl (C=O) groups is 2. The van der Waals surface area contributed by atoms with Crippen LogP contribution in [0.1, 0.15) is 30.6 Å². The van der Waals surface area contributed by atoms with E-state index in [9.17, 15) is 14.4 Å². The number of H-pyrrole nitrogens is 1. The van der Waals surface area contributed by atoms with Crippen LogP contribution in [0, 0.1) is 5.92 Å². The van der Waals surface area contributed by atoms with Crippen LogP contribution in [0.5, 0.6) is 0 Å². The van der Waals surface area contributed by atoms with E-state index in [1.54, 1.807) is 23.1 Å². The van der Waals surface area contributed by atoms with Gasteiger partial charge in [-0.2, -0.15) is 0 Å². The van der Waals surface area contributed by atoms with Crippen LogP contribution in [-0.4, -0.2) is 40.8 Å². The summed E-state index contributed by atoms with van der Waals surface area (Å²) in [7, 11) is 0. The van der Waals surface area contributed by atoms with Gasteiger partial charge in [0.25, 0.3) is 11.5 Å². The Morgan fingerprint density at radius 1 is 1.29 bits per heavy atom. The predicted octanol–water partition coefficient (Wildman–Crippen LogP) is 1.51. The number of rotatable bonds is 3. The molecule has 2 heterocycles. The van der Waals surface area contributed by atoms with Crippen molar-refractivity contribution in [1.29, 1.82) is 0 Å². The number of carbonyl (C=O) groups excluding carboxylic acids is 2. The highest BCUT2D eigenvalue weighted by atomic mass is 16.2. The summed E-state index contributed by atoms with van der Waals surface area (Å²) >= 11 is 0. The lowest BCUT2D eigenvalue weighted by Gasteiger charge is -2.27. The predicted molar refractivity (Wildman–Crippen MR) is 91.9 cm³/mol. The molecule has 1 aliphatic rings. The van der Waals surface area contributed by atoms with Gasteiger partial charge in [-0.25, -0.2) is 0 Å². The van der Waals surface area contributed by atoms with Crippen molar-refractivity contribution < 1.29 is 9.59 Å². The van der Waals surface area contributed by atoms with E-state index in [2.05, 4.69) is 17.2 Å². The van der Waals surface area contributed by atoms with Gasteiger partial charge < -0.3 is 15.2 Å². The summed E-state index contributed by atoms with van der Waals surface area (Å²) in [6.45, 7) is 4.66. The van der Waals surface area contributed by atoms with Crippen LogP contribution < -0.4 is 10.9 Å². The molecule has 2 N–H and O–H groups in total. The summed E-state index contributed by atoms with van der Waals surface area (Å²) in [5.74, 6) is 0.105. The minimum absolute atomic E-state index is 0.0351. The summed E-state index contributed by atoms with van der Waals surface area (Å²) in [5, 5.41) is 3.97. The molecular weight excluding hydrogens is 306 g/mol. The van der Waals surface area contributed by atoms with Gasteiger partial charge in [0.2, 0.25) is 5.91 Å². The first-order valence-corrected chi connectivity index (χ1v) is 8.15. The zero-order chi connectivity index (χ0) is 17.3. The molecule has 2 aromatic rings. The minimum atomic E-state index is -0.202. The smallest absolute Gasteiger partial charge is 0.256 e. The zero-order valence-electron chi connectivity index (χ0n) is 13.8. The number of aromatic nitrogens is 1. The fraction of sp³-hybridized carbons (Fsp3) is 0.389. The van der Waals surface area contributed by atoms with Gasteiger partial charge in [-0.15, -0.1) is 0 Å². The first-order chi connectivity index (χ1) is 11.5. The second-order valence-corrected chi connectivity index (χ2v) is 6.35. The number of nitrogens with one attached hydrogen (secondary N) is 2. The maximum absolute atomic E-state index is 13.1. The highest BCUT2D eigenvalue weighted by molar-refractivity contribution is 6.06. The Hall–Kier alpha value is -2.63. The number of hydrogen-bond acceptors (Lipinski definition) is 3. The van der Waals surface area contributed by atoms with Gasteiger partial charge >= 0.3 is 0 Å². The molecule has 6 heteroatoms. The van der Waals surface area contributed by atoms with E-state index >= 15 is 0 Å². The molecule has 2 amide bonds. The van der Waals surface area contributed by atoms with Crippen LogP contribution in [0.2, 0.25) is 0 Å². The van der Waals surface area contributed by atoms with Crippen LogP contribution >= 0.6 is 0 Å². The molecule has 1 aromatic heterocycles. The van der Waals surface area contributed by atoms with Crippen LogP contribution in [0.4, 0.5) is 0 Å². The first-order valence-electron chi connectivity index (χ1n) is 8.15. The molecule has 1 saturated heterocycles. The summed E-state index contributed by atoms with van der Waals surface area (Å²) in [6, 6.07) is 7.07. The largest absolute Gasteiger partial charge is 0.354 e.